The lowest BCUT2D eigenvalue weighted by Crippen LogP contribution is -1.97. The van der Waals surface area contributed by atoms with Gasteiger partial charge in [0, 0.05) is 12.1 Å². The van der Waals surface area contributed by atoms with Gasteiger partial charge in [-0.25, -0.2) is 4.99 Å². The van der Waals surface area contributed by atoms with Gasteiger partial charge in [-0.1, -0.05) is 0 Å². The Kier molecular flexibility index (Phi) is 1.04. The third-order valence-electron chi connectivity index (χ3n) is 1.00. The van der Waals surface area contributed by atoms with Gasteiger partial charge in [0.05, 0.1) is 5.70 Å². The highest BCUT2D eigenvalue weighted by molar-refractivity contribution is 5.87. The van der Waals surface area contributed by atoms with E-state index in [0.717, 1.165) is 5.71 Å². The number of hydrogen-bond acceptors (Lipinski definition) is 2. The highest BCUT2D eigenvalue weighted by atomic mass is 19.1. The molecule has 0 saturated carbocycles. The summed E-state index contributed by atoms with van der Waals surface area (Å²) in [4.78, 5) is 3.47. The molecule has 3 heteroatoms. The Bertz CT molecular complexity index is 169. The molecule has 0 saturated heterocycles. The predicted octanol–water partition coefficient (Wildman–Crippen LogP) is 0.948. The van der Waals surface area contributed by atoms with E-state index in [4.69, 9.17) is 5.73 Å². The largest absolute Gasteiger partial charge is 0.398 e. The SMILES string of the molecule is CC1=NC(F)=C(N)C1. The highest BCUT2D eigenvalue weighted by Crippen LogP contribution is 2.14. The summed E-state index contributed by atoms with van der Waals surface area (Å²) in [5, 5.41) is 0. The van der Waals surface area contributed by atoms with Gasteiger partial charge >= 0.3 is 0 Å². The van der Waals surface area contributed by atoms with E-state index >= 15 is 0 Å². The predicted molar refractivity (Wildman–Crippen MR) is 30.0 cm³/mol. The molecule has 0 radical (unpaired) electrons. The van der Waals surface area contributed by atoms with Crippen LogP contribution in [0.3, 0.4) is 0 Å². The molecule has 0 atom stereocenters. The number of rotatable bonds is 0. The summed E-state index contributed by atoms with van der Waals surface area (Å²) >= 11 is 0. The molecule has 8 heavy (non-hydrogen) atoms. The zero-order chi connectivity index (χ0) is 6.15. The molecule has 0 bridgehead atoms. The number of nitrogens with two attached hydrogens (primary N) is 1. The molecule has 0 spiro atoms. The number of hydrogen-bond donors (Lipinski definition) is 1. The first-order chi connectivity index (χ1) is 3.70. The first kappa shape index (κ1) is 5.28. The van der Waals surface area contributed by atoms with Crippen molar-refractivity contribution in [2.24, 2.45) is 10.7 Å². The highest BCUT2D eigenvalue weighted by Gasteiger charge is 2.09. The van der Waals surface area contributed by atoms with Gasteiger partial charge in [-0.15, -0.1) is 0 Å². The van der Waals surface area contributed by atoms with E-state index in [1.54, 1.807) is 6.92 Å². The van der Waals surface area contributed by atoms with Crippen molar-refractivity contribution >= 4 is 5.71 Å². The fourth-order valence-corrected chi connectivity index (χ4v) is 0.627. The standard InChI is InChI=1S/C5H7FN2/c1-3-2-4(7)5(6)8-3/h2,7H2,1H3. The van der Waals surface area contributed by atoms with Crippen molar-refractivity contribution in [2.45, 2.75) is 13.3 Å². The fraction of sp³-hybridized carbons (Fsp3) is 0.400. The third kappa shape index (κ3) is 0.710. The van der Waals surface area contributed by atoms with E-state index in [9.17, 15) is 4.39 Å². The van der Waals surface area contributed by atoms with Gasteiger partial charge in [-0.2, -0.15) is 4.39 Å². The molecule has 0 aromatic rings. The van der Waals surface area contributed by atoms with Crippen molar-refractivity contribution in [1.29, 1.82) is 0 Å². The van der Waals surface area contributed by atoms with Gasteiger partial charge in [0.25, 0.3) is 0 Å². The first-order valence-electron chi connectivity index (χ1n) is 2.38. The summed E-state index contributed by atoms with van der Waals surface area (Å²) in [5.74, 6) is -0.512. The van der Waals surface area contributed by atoms with Crippen LogP contribution in [0.1, 0.15) is 13.3 Å². The van der Waals surface area contributed by atoms with Crippen LogP contribution in [0.15, 0.2) is 16.6 Å². The summed E-state index contributed by atoms with van der Waals surface area (Å²) in [7, 11) is 0. The van der Waals surface area contributed by atoms with Crippen LogP contribution in [-0.2, 0) is 0 Å². The second-order valence-electron chi connectivity index (χ2n) is 1.84. The lowest BCUT2D eigenvalue weighted by Gasteiger charge is -1.85. The number of allylic oxidation sites excluding steroid dienone is 1. The second kappa shape index (κ2) is 1.58. The number of halogens is 1. The molecule has 0 aromatic heterocycles. The molecular formula is C5H7FN2. The molecule has 44 valence electrons. The minimum Gasteiger partial charge on any atom is -0.398 e. The summed E-state index contributed by atoms with van der Waals surface area (Å²) in [6, 6.07) is 0. The Morgan fingerprint density at radius 3 is 2.50 bits per heavy atom. The zero-order valence-corrected chi connectivity index (χ0v) is 4.61. The van der Waals surface area contributed by atoms with E-state index in [1.807, 2.05) is 0 Å². The molecule has 0 fully saturated rings. The summed E-state index contributed by atoms with van der Waals surface area (Å²) in [6.07, 6.45) is 0.492. The summed E-state index contributed by atoms with van der Waals surface area (Å²) < 4.78 is 12.1. The van der Waals surface area contributed by atoms with Crippen molar-refractivity contribution in [3.05, 3.63) is 11.6 Å². The topological polar surface area (TPSA) is 38.4 Å². The van der Waals surface area contributed by atoms with Crippen molar-refractivity contribution in [3.8, 4) is 0 Å². The van der Waals surface area contributed by atoms with Crippen molar-refractivity contribution in [1.82, 2.24) is 0 Å². The van der Waals surface area contributed by atoms with Gasteiger partial charge in [0.2, 0.25) is 5.95 Å². The molecule has 2 nitrogen and oxygen atoms in total. The molecule has 0 aromatic carbocycles. The van der Waals surface area contributed by atoms with E-state index in [0.29, 0.717) is 6.42 Å². The zero-order valence-electron chi connectivity index (χ0n) is 4.61. The van der Waals surface area contributed by atoms with E-state index < -0.39 is 5.95 Å². The quantitative estimate of drug-likeness (QED) is 0.468. The molecule has 1 aliphatic heterocycles. The van der Waals surface area contributed by atoms with Gasteiger partial charge in [-0.3, -0.25) is 0 Å². The van der Waals surface area contributed by atoms with Gasteiger partial charge < -0.3 is 5.73 Å². The normalized spacial score (nSPS) is 19.5. The van der Waals surface area contributed by atoms with Crippen molar-refractivity contribution in [3.63, 3.8) is 0 Å². The van der Waals surface area contributed by atoms with E-state index in [1.165, 1.54) is 0 Å². The average molecular weight is 114 g/mol. The Balaban J connectivity index is 2.79. The van der Waals surface area contributed by atoms with Gasteiger partial charge in [-0.05, 0) is 6.92 Å². The van der Waals surface area contributed by atoms with Gasteiger partial charge in [0.1, 0.15) is 0 Å². The summed E-state index contributed by atoms with van der Waals surface area (Å²) in [6.45, 7) is 1.75. The average Bonchev–Trinajstić information content (AvgIpc) is 1.85. The van der Waals surface area contributed by atoms with Crippen LogP contribution in [0.5, 0.6) is 0 Å². The molecule has 0 unspecified atom stereocenters. The Labute approximate surface area is 46.9 Å². The molecule has 1 heterocycles. The van der Waals surface area contributed by atoms with Crippen LogP contribution < -0.4 is 5.73 Å². The fourth-order valence-electron chi connectivity index (χ4n) is 0.627. The van der Waals surface area contributed by atoms with Crippen LogP contribution in [0.4, 0.5) is 4.39 Å². The molecule has 0 amide bonds. The molecule has 0 aliphatic carbocycles. The van der Waals surface area contributed by atoms with Crippen molar-refractivity contribution < 1.29 is 4.39 Å². The lowest BCUT2D eigenvalue weighted by molar-refractivity contribution is 0.620. The smallest absolute Gasteiger partial charge is 0.232 e. The summed E-state index contributed by atoms with van der Waals surface area (Å²) in [5.41, 5.74) is 6.16. The van der Waals surface area contributed by atoms with Crippen molar-refractivity contribution in [2.75, 3.05) is 0 Å². The molecule has 2 N–H and O–H groups in total. The minimum absolute atomic E-state index is 0.252. The first-order valence-corrected chi connectivity index (χ1v) is 2.38. The molecule has 1 rings (SSSR count). The maximum atomic E-state index is 12.1. The van der Waals surface area contributed by atoms with Crippen LogP contribution in [0, 0.1) is 0 Å². The molecular weight excluding hydrogens is 107 g/mol. The Morgan fingerprint density at radius 1 is 1.75 bits per heavy atom. The monoisotopic (exact) mass is 114 g/mol. The van der Waals surface area contributed by atoms with Crippen LogP contribution in [0.2, 0.25) is 0 Å². The Hall–Kier alpha value is -0.860. The second-order valence-corrected chi connectivity index (χ2v) is 1.84. The maximum absolute atomic E-state index is 12.1. The third-order valence-corrected chi connectivity index (χ3v) is 1.00. The van der Waals surface area contributed by atoms with Crippen LogP contribution in [0.25, 0.3) is 0 Å². The lowest BCUT2D eigenvalue weighted by atomic mass is 10.3. The maximum Gasteiger partial charge on any atom is 0.232 e. The molecule has 1 aliphatic rings. The minimum atomic E-state index is -0.512. The van der Waals surface area contributed by atoms with E-state index in [2.05, 4.69) is 4.99 Å². The van der Waals surface area contributed by atoms with Crippen LogP contribution >= 0.6 is 0 Å². The van der Waals surface area contributed by atoms with E-state index in [-0.39, 0.29) is 5.70 Å². The number of nitrogens with zero attached hydrogens (tertiary/aromatic N) is 1. The van der Waals surface area contributed by atoms with Crippen LogP contribution in [-0.4, -0.2) is 5.71 Å². The Morgan fingerprint density at radius 2 is 2.38 bits per heavy atom. The van der Waals surface area contributed by atoms with Gasteiger partial charge in [0.15, 0.2) is 0 Å². The number of aliphatic imine (C=N–C) groups is 1.